The predicted octanol–water partition coefficient (Wildman–Crippen LogP) is 3.24. The molecule has 8 nitrogen and oxygen atoms in total. The Balaban J connectivity index is 1.78. The van der Waals surface area contributed by atoms with Gasteiger partial charge in [-0.15, -0.1) is 0 Å². The van der Waals surface area contributed by atoms with E-state index in [1.807, 2.05) is 19.1 Å². The minimum atomic E-state index is -0.584. The summed E-state index contributed by atoms with van der Waals surface area (Å²) in [7, 11) is 0. The van der Waals surface area contributed by atoms with E-state index in [4.69, 9.17) is 4.74 Å². The highest BCUT2D eigenvalue weighted by Crippen LogP contribution is 2.29. The van der Waals surface area contributed by atoms with Crippen molar-refractivity contribution in [2.75, 3.05) is 0 Å². The van der Waals surface area contributed by atoms with Gasteiger partial charge < -0.3 is 14.9 Å². The highest BCUT2D eigenvalue weighted by atomic mass is 32.2. The van der Waals surface area contributed by atoms with Crippen LogP contribution in [0.25, 0.3) is 0 Å². The summed E-state index contributed by atoms with van der Waals surface area (Å²) in [6.07, 6.45) is 2.48. The molecule has 3 rings (SSSR count). The van der Waals surface area contributed by atoms with Crippen molar-refractivity contribution < 1.29 is 19.2 Å². The Kier molecular flexibility index (Phi) is 5.17. The topological polar surface area (TPSA) is 111 Å². The summed E-state index contributed by atoms with van der Waals surface area (Å²) in [5.74, 6) is 0.291. The number of aryl methyl sites for hydroxylation is 1. The molecular weight excluding hydrogens is 358 g/mol. The van der Waals surface area contributed by atoms with Gasteiger partial charge in [-0.05, 0) is 46.0 Å². The van der Waals surface area contributed by atoms with Gasteiger partial charge in [0.2, 0.25) is 5.91 Å². The summed E-state index contributed by atoms with van der Waals surface area (Å²) in [4.78, 5) is 36.9. The number of nitrogens with one attached hydrogen (secondary N) is 1. The third kappa shape index (κ3) is 3.99. The van der Waals surface area contributed by atoms with E-state index in [2.05, 4.69) is 10.3 Å². The van der Waals surface area contributed by atoms with E-state index in [1.165, 1.54) is 18.3 Å². The van der Waals surface area contributed by atoms with Gasteiger partial charge in [-0.2, -0.15) is 0 Å². The lowest BCUT2D eigenvalue weighted by molar-refractivity contribution is -0.389. The number of thioether (sulfide) groups is 1. The van der Waals surface area contributed by atoms with Gasteiger partial charge in [0.1, 0.15) is 17.7 Å². The maximum Gasteiger partial charge on any atom is 0.367 e. The molecule has 1 aliphatic heterocycles. The second-order valence-corrected chi connectivity index (χ2v) is 6.76. The summed E-state index contributed by atoms with van der Waals surface area (Å²) in [6.45, 7) is 1.98. The van der Waals surface area contributed by atoms with Crippen LogP contribution in [-0.2, 0) is 17.6 Å². The van der Waals surface area contributed by atoms with Gasteiger partial charge in [0.25, 0.3) is 5.24 Å². The van der Waals surface area contributed by atoms with Crippen LogP contribution in [0.4, 0.5) is 10.6 Å². The number of hydrogen-bond acceptors (Lipinski definition) is 7. The fraction of sp³-hybridized carbons (Fsp3) is 0.235. The van der Waals surface area contributed by atoms with Gasteiger partial charge in [0.15, 0.2) is 0 Å². The van der Waals surface area contributed by atoms with Gasteiger partial charge >= 0.3 is 5.82 Å². The van der Waals surface area contributed by atoms with Crippen LogP contribution >= 0.6 is 11.8 Å². The maximum atomic E-state index is 11.7. The number of ether oxygens (including phenoxy) is 1. The number of rotatable bonds is 6. The van der Waals surface area contributed by atoms with Crippen LogP contribution in [0.2, 0.25) is 0 Å². The Labute approximate surface area is 153 Å². The largest absolute Gasteiger partial charge is 0.457 e. The molecule has 1 aromatic heterocycles. The Hall–Kier alpha value is -2.94. The Morgan fingerprint density at radius 3 is 2.65 bits per heavy atom. The summed E-state index contributed by atoms with van der Waals surface area (Å²) in [5.41, 5.74) is 1.95. The van der Waals surface area contributed by atoms with Crippen molar-refractivity contribution in [3.63, 3.8) is 0 Å². The lowest BCUT2D eigenvalue weighted by Crippen LogP contribution is -2.25. The number of aromatic nitrogens is 1. The number of imide groups is 1. The summed E-state index contributed by atoms with van der Waals surface area (Å²) in [5, 5.41) is 12.3. The molecule has 9 heteroatoms. The van der Waals surface area contributed by atoms with Crippen molar-refractivity contribution in [1.82, 2.24) is 10.3 Å². The third-order valence-corrected chi connectivity index (χ3v) is 4.85. The van der Waals surface area contributed by atoms with Gasteiger partial charge in [0.05, 0.1) is 11.3 Å². The summed E-state index contributed by atoms with van der Waals surface area (Å²) in [6, 6.07) is 8.21. The molecule has 2 aromatic rings. The molecule has 0 aliphatic carbocycles. The average molecular weight is 373 g/mol. The fourth-order valence-corrected chi connectivity index (χ4v) is 3.47. The molecule has 2 amide bonds. The van der Waals surface area contributed by atoms with Crippen molar-refractivity contribution in [3.05, 3.63) is 57.8 Å². The van der Waals surface area contributed by atoms with Crippen LogP contribution in [0.5, 0.6) is 11.5 Å². The minimum absolute atomic E-state index is 0.272. The standard InChI is InChI=1S/C17H15N3O5S/c1-2-10-7-12(25-13-5-6-18-15(9-13)20(23)24)4-3-11(10)8-14-16(21)19-17(22)26-14/h3-7,9,14H,2,8H2,1H3,(H,19,21,22). The highest BCUT2D eigenvalue weighted by molar-refractivity contribution is 8.15. The van der Waals surface area contributed by atoms with E-state index >= 15 is 0 Å². The molecule has 0 spiro atoms. The van der Waals surface area contributed by atoms with E-state index < -0.39 is 10.2 Å². The zero-order valence-corrected chi connectivity index (χ0v) is 14.6. The SMILES string of the molecule is CCc1cc(Oc2ccnc([N+](=O)[O-])c2)ccc1CC1SC(=O)NC1=O. The van der Waals surface area contributed by atoms with E-state index in [9.17, 15) is 19.7 Å². The number of nitrogens with zero attached hydrogens (tertiary/aromatic N) is 2. The summed E-state index contributed by atoms with van der Waals surface area (Å²) >= 11 is 0.997. The molecule has 0 saturated carbocycles. The van der Waals surface area contributed by atoms with E-state index in [1.54, 1.807) is 6.07 Å². The fourth-order valence-electron chi connectivity index (χ4n) is 2.62. The Bertz CT molecular complexity index is 886. The quantitative estimate of drug-likeness (QED) is 0.611. The molecule has 1 fully saturated rings. The molecule has 1 saturated heterocycles. The maximum absolute atomic E-state index is 11.7. The molecule has 2 heterocycles. The van der Waals surface area contributed by atoms with Crippen molar-refractivity contribution in [2.24, 2.45) is 0 Å². The summed E-state index contributed by atoms with van der Waals surface area (Å²) < 4.78 is 5.69. The van der Waals surface area contributed by atoms with E-state index in [0.717, 1.165) is 29.3 Å². The first kappa shape index (κ1) is 17.9. The lowest BCUT2D eigenvalue weighted by atomic mass is 10.00. The molecule has 1 unspecified atom stereocenters. The molecule has 1 N–H and O–H groups in total. The number of carbonyl (C=O) groups excluding carboxylic acids is 2. The van der Waals surface area contributed by atoms with Gasteiger partial charge in [-0.1, -0.05) is 24.8 Å². The number of pyridine rings is 1. The van der Waals surface area contributed by atoms with Crippen LogP contribution < -0.4 is 10.1 Å². The zero-order valence-electron chi connectivity index (χ0n) is 13.8. The zero-order chi connectivity index (χ0) is 18.7. The normalized spacial score (nSPS) is 16.4. The van der Waals surface area contributed by atoms with Crippen molar-refractivity contribution in [3.8, 4) is 11.5 Å². The molecule has 26 heavy (non-hydrogen) atoms. The van der Waals surface area contributed by atoms with Gasteiger partial charge in [-0.25, -0.2) is 0 Å². The first-order chi connectivity index (χ1) is 12.5. The van der Waals surface area contributed by atoms with E-state index in [-0.39, 0.29) is 17.0 Å². The van der Waals surface area contributed by atoms with Gasteiger partial charge in [-0.3, -0.25) is 14.9 Å². The van der Waals surface area contributed by atoms with Crippen LogP contribution in [0, 0.1) is 10.1 Å². The first-order valence-corrected chi connectivity index (χ1v) is 8.76. The van der Waals surface area contributed by atoms with E-state index in [0.29, 0.717) is 17.9 Å². The second kappa shape index (κ2) is 7.52. The van der Waals surface area contributed by atoms with Crippen LogP contribution in [-0.4, -0.2) is 26.3 Å². The smallest absolute Gasteiger partial charge is 0.367 e. The molecule has 0 radical (unpaired) electrons. The molecular formula is C17H15N3O5S. The number of carbonyl (C=O) groups is 2. The lowest BCUT2D eigenvalue weighted by Gasteiger charge is -2.13. The van der Waals surface area contributed by atoms with Crippen molar-refractivity contribution in [2.45, 2.75) is 25.0 Å². The first-order valence-electron chi connectivity index (χ1n) is 7.88. The highest BCUT2D eigenvalue weighted by Gasteiger charge is 2.31. The molecule has 0 bridgehead atoms. The van der Waals surface area contributed by atoms with Crippen LogP contribution in [0.3, 0.4) is 0 Å². The average Bonchev–Trinajstić information content (AvgIpc) is 2.93. The molecule has 1 aliphatic rings. The number of nitro groups is 1. The van der Waals surface area contributed by atoms with Crippen molar-refractivity contribution in [1.29, 1.82) is 0 Å². The molecule has 134 valence electrons. The predicted molar refractivity (Wildman–Crippen MR) is 95.4 cm³/mol. The van der Waals surface area contributed by atoms with Gasteiger partial charge in [0, 0.05) is 6.07 Å². The molecule has 1 aromatic carbocycles. The third-order valence-electron chi connectivity index (χ3n) is 3.87. The number of benzene rings is 1. The Morgan fingerprint density at radius 2 is 2.00 bits per heavy atom. The van der Waals surface area contributed by atoms with Crippen LogP contribution in [0.1, 0.15) is 18.1 Å². The molecule has 1 atom stereocenters. The number of hydrogen-bond donors (Lipinski definition) is 1. The monoisotopic (exact) mass is 373 g/mol. The Morgan fingerprint density at radius 1 is 1.23 bits per heavy atom. The second-order valence-electron chi connectivity index (χ2n) is 5.58. The van der Waals surface area contributed by atoms with Crippen molar-refractivity contribution >= 4 is 28.7 Å². The number of amides is 2. The van der Waals surface area contributed by atoms with Crippen LogP contribution in [0.15, 0.2) is 36.5 Å². The minimum Gasteiger partial charge on any atom is -0.457 e.